The van der Waals surface area contributed by atoms with Crippen LogP contribution in [0.1, 0.15) is 0 Å². The highest BCUT2D eigenvalue weighted by molar-refractivity contribution is 7.25. The molecule has 0 saturated heterocycles. The Kier molecular flexibility index (Phi) is 8.39. The van der Waals surface area contributed by atoms with E-state index < -0.39 is 0 Å². The zero-order chi connectivity index (χ0) is 40.3. The molecular weight excluding hydrogens is 757 g/mol. The van der Waals surface area contributed by atoms with Crippen LogP contribution >= 0.6 is 11.3 Å². The van der Waals surface area contributed by atoms with Crippen molar-refractivity contribution in [3.8, 4) is 39.1 Å². The second-order valence-corrected chi connectivity index (χ2v) is 16.7. The molecule has 0 atom stereocenters. The Morgan fingerprint density at radius 1 is 0.344 bits per heavy atom. The van der Waals surface area contributed by atoms with Crippen LogP contribution in [0.2, 0.25) is 0 Å². The van der Waals surface area contributed by atoms with Gasteiger partial charge in [-0.25, -0.2) is 0 Å². The van der Waals surface area contributed by atoms with Gasteiger partial charge >= 0.3 is 0 Å². The molecule has 286 valence electrons. The molecule has 0 N–H and O–H groups in total. The first-order chi connectivity index (χ1) is 30.3. The van der Waals surface area contributed by atoms with Crippen molar-refractivity contribution in [3.05, 3.63) is 231 Å². The van der Waals surface area contributed by atoms with E-state index in [1.54, 1.807) is 0 Å². The van der Waals surface area contributed by atoms with Crippen molar-refractivity contribution in [1.29, 1.82) is 0 Å². The van der Waals surface area contributed by atoms with Crippen molar-refractivity contribution < 1.29 is 0 Å². The number of fused-ring (bicyclic) bond motifs is 7. The van der Waals surface area contributed by atoms with Crippen LogP contribution in [0.4, 0.5) is 17.1 Å². The summed E-state index contributed by atoms with van der Waals surface area (Å²) in [6.45, 7) is 0. The highest BCUT2D eigenvalue weighted by Gasteiger charge is 2.22. The Bertz CT molecular complexity index is 3540. The molecule has 3 heteroatoms. The van der Waals surface area contributed by atoms with Gasteiger partial charge in [-0.05, 0) is 99.8 Å². The molecule has 0 aliphatic rings. The average molecular weight is 795 g/mol. The third-order valence-corrected chi connectivity index (χ3v) is 13.3. The summed E-state index contributed by atoms with van der Waals surface area (Å²) in [5.74, 6) is 0. The number of para-hydroxylation sites is 4. The fourth-order valence-electron chi connectivity index (χ4n) is 9.48. The van der Waals surface area contributed by atoms with Gasteiger partial charge in [0.15, 0.2) is 0 Å². The van der Waals surface area contributed by atoms with Gasteiger partial charge in [-0.1, -0.05) is 164 Å². The van der Waals surface area contributed by atoms with E-state index in [0.717, 1.165) is 28.3 Å². The van der Waals surface area contributed by atoms with Crippen LogP contribution in [0.3, 0.4) is 0 Å². The molecule has 0 amide bonds. The molecule has 0 saturated carbocycles. The minimum absolute atomic E-state index is 1.09. The predicted molar refractivity (Wildman–Crippen MR) is 262 cm³/mol. The molecule has 0 fully saturated rings. The summed E-state index contributed by atoms with van der Waals surface area (Å²) in [5, 5.41) is 7.58. The van der Waals surface area contributed by atoms with Crippen molar-refractivity contribution in [1.82, 2.24) is 4.57 Å². The number of nitrogens with zero attached hydrogens (tertiary/aromatic N) is 2. The Hall–Kier alpha value is -7.72. The van der Waals surface area contributed by atoms with Crippen molar-refractivity contribution >= 4 is 81.1 Å². The van der Waals surface area contributed by atoms with Crippen LogP contribution in [0.25, 0.3) is 91.8 Å². The molecule has 12 aromatic rings. The maximum Gasteiger partial charge on any atom is 0.0541 e. The zero-order valence-electron chi connectivity index (χ0n) is 33.2. The second-order valence-electron chi connectivity index (χ2n) is 15.6. The first-order valence-electron chi connectivity index (χ1n) is 20.8. The molecule has 0 aliphatic carbocycles. The standard InChI is InChI=1S/C58H38N2S/c1-2-18-42(19-3-1)59(43-35-32-40(33-36-43)45-25-14-17-39-16-4-5-20-44(39)45)55-37-34-41(38-51(55)49-26-15-31-57-58(49)50-24-9-13-30-56(50)61-57)46-21-6-10-27-52(46)60-53-28-11-7-22-47(53)48-23-8-12-29-54(48)60/h1-38H. The van der Waals surface area contributed by atoms with E-state index in [1.165, 1.54) is 80.6 Å². The Morgan fingerprint density at radius 3 is 1.70 bits per heavy atom. The summed E-state index contributed by atoms with van der Waals surface area (Å²) >= 11 is 1.86. The van der Waals surface area contributed by atoms with Crippen molar-refractivity contribution in [2.45, 2.75) is 0 Å². The monoisotopic (exact) mass is 794 g/mol. The van der Waals surface area contributed by atoms with Gasteiger partial charge in [0.1, 0.15) is 0 Å². The Labute approximate surface area is 358 Å². The van der Waals surface area contributed by atoms with Crippen LogP contribution in [0, 0.1) is 0 Å². The number of rotatable bonds is 7. The lowest BCUT2D eigenvalue weighted by Gasteiger charge is -2.29. The van der Waals surface area contributed by atoms with E-state index in [9.17, 15) is 0 Å². The second kappa shape index (κ2) is 14.5. The van der Waals surface area contributed by atoms with Gasteiger partial charge < -0.3 is 9.47 Å². The van der Waals surface area contributed by atoms with Gasteiger partial charge in [-0.15, -0.1) is 11.3 Å². The van der Waals surface area contributed by atoms with E-state index in [4.69, 9.17) is 0 Å². The fraction of sp³-hybridized carbons (Fsp3) is 0. The van der Waals surface area contributed by atoms with Gasteiger partial charge in [0.05, 0.1) is 22.4 Å². The lowest BCUT2D eigenvalue weighted by Crippen LogP contribution is -2.11. The largest absolute Gasteiger partial charge is 0.310 e. The molecule has 0 radical (unpaired) electrons. The van der Waals surface area contributed by atoms with Crippen LogP contribution < -0.4 is 4.90 Å². The first-order valence-corrected chi connectivity index (χ1v) is 21.7. The van der Waals surface area contributed by atoms with Gasteiger partial charge in [-0.3, -0.25) is 0 Å². The number of hydrogen-bond acceptors (Lipinski definition) is 2. The molecule has 0 unspecified atom stereocenters. The van der Waals surface area contributed by atoms with E-state index in [2.05, 4.69) is 240 Å². The highest BCUT2D eigenvalue weighted by Crippen LogP contribution is 2.48. The van der Waals surface area contributed by atoms with Gasteiger partial charge in [0.25, 0.3) is 0 Å². The number of hydrogen-bond donors (Lipinski definition) is 0. The predicted octanol–water partition coefficient (Wildman–Crippen LogP) is 16.8. The molecule has 2 aromatic heterocycles. The van der Waals surface area contributed by atoms with Crippen LogP contribution in [0.15, 0.2) is 231 Å². The lowest BCUT2D eigenvalue weighted by molar-refractivity contribution is 1.18. The highest BCUT2D eigenvalue weighted by atomic mass is 32.1. The Morgan fingerprint density at radius 2 is 0.902 bits per heavy atom. The lowest BCUT2D eigenvalue weighted by atomic mass is 9.92. The van der Waals surface area contributed by atoms with E-state index in [-0.39, 0.29) is 0 Å². The van der Waals surface area contributed by atoms with Crippen molar-refractivity contribution in [2.24, 2.45) is 0 Å². The Balaban J connectivity index is 1.10. The average Bonchev–Trinajstić information content (AvgIpc) is 3.88. The summed E-state index contributed by atoms with van der Waals surface area (Å²) in [4.78, 5) is 2.43. The van der Waals surface area contributed by atoms with Crippen LogP contribution in [-0.2, 0) is 0 Å². The van der Waals surface area contributed by atoms with Gasteiger partial charge in [0.2, 0.25) is 0 Å². The van der Waals surface area contributed by atoms with Crippen LogP contribution in [0.5, 0.6) is 0 Å². The summed E-state index contributed by atoms with van der Waals surface area (Å²) in [7, 11) is 0. The molecule has 12 rings (SSSR count). The summed E-state index contributed by atoms with van der Waals surface area (Å²) in [6, 6.07) is 84.3. The topological polar surface area (TPSA) is 8.17 Å². The first kappa shape index (κ1) is 35.2. The third kappa shape index (κ3) is 5.85. The van der Waals surface area contributed by atoms with Gasteiger partial charge in [0, 0.05) is 53.4 Å². The fourth-order valence-corrected chi connectivity index (χ4v) is 10.6. The molecule has 61 heavy (non-hydrogen) atoms. The number of benzene rings is 10. The number of anilines is 3. The van der Waals surface area contributed by atoms with Crippen molar-refractivity contribution in [3.63, 3.8) is 0 Å². The maximum atomic E-state index is 2.44. The van der Waals surface area contributed by atoms with Crippen LogP contribution in [-0.4, -0.2) is 4.57 Å². The molecule has 0 spiro atoms. The normalized spacial score (nSPS) is 11.6. The molecule has 2 nitrogen and oxygen atoms in total. The zero-order valence-corrected chi connectivity index (χ0v) is 34.1. The SMILES string of the molecule is c1ccc(N(c2ccc(-c3cccc4ccccc34)cc2)c2ccc(-c3ccccc3-n3c4ccccc4c4ccccc43)cc2-c2cccc3sc4ccccc4c23)cc1. The number of aromatic nitrogens is 1. The third-order valence-electron chi connectivity index (χ3n) is 12.2. The molecule has 0 aliphatic heterocycles. The quantitative estimate of drug-likeness (QED) is 0.156. The molecule has 10 aromatic carbocycles. The van der Waals surface area contributed by atoms with Crippen molar-refractivity contribution in [2.75, 3.05) is 4.90 Å². The molecule has 0 bridgehead atoms. The summed E-state index contributed by atoms with van der Waals surface area (Å²) in [5.41, 5.74) is 14.0. The maximum absolute atomic E-state index is 2.44. The summed E-state index contributed by atoms with van der Waals surface area (Å²) < 4.78 is 5.02. The van der Waals surface area contributed by atoms with E-state index in [0.29, 0.717) is 0 Å². The molecular formula is C58H38N2S. The smallest absolute Gasteiger partial charge is 0.0541 e. The van der Waals surface area contributed by atoms with E-state index >= 15 is 0 Å². The number of thiophene rings is 1. The minimum atomic E-state index is 1.09. The van der Waals surface area contributed by atoms with E-state index in [1.807, 2.05) is 11.3 Å². The van der Waals surface area contributed by atoms with Gasteiger partial charge in [-0.2, -0.15) is 0 Å². The minimum Gasteiger partial charge on any atom is -0.310 e. The molecule has 2 heterocycles. The summed E-state index contributed by atoms with van der Waals surface area (Å²) in [6.07, 6.45) is 0.